The lowest BCUT2D eigenvalue weighted by molar-refractivity contribution is -0.137. The molecule has 8 aromatic rings. The second kappa shape index (κ2) is 13.1. The molecule has 0 fully saturated rings. The molecule has 0 saturated carbocycles. The fourth-order valence-electron chi connectivity index (χ4n) is 8.31. The summed E-state index contributed by atoms with van der Waals surface area (Å²) in [6.07, 6.45) is -2.88. The first-order chi connectivity index (χ1) is 26.9. The largest absolute Gasteiger partial charge is 0.416 e. The van der Waals surface area contributed by atoms with Crippen molar-refractivity contribution in [2.24, 2.45) is 0 Å². The van der Waals surface area contributed by atoms with E-state index < -0.39 is 11.7 Å². The van der Waals surface area contributed by atoms with Gasteiger partial charge in [0.25, 0.3) is 0 Å². The van der Waals surface area contributed by atoms with Gasteiger partial charge in [-0.25, -0.2) is 0 Å². The van der Waals surface area contributed by atoms with Gasteiger partial charge in [-0.05, 0) is 123 Å². The fraction of sp³-hybridized carbons (Fsp3) is 0.327. The van der Waals surface area contributed by atoms with E-state index in [-0.39, 0.29) is 21.7 Å². The van der Waals surface area contributed by atoms with E-state index in [1.54, 1.807) is 12.3 Å². The molecular weight excluding hydrogens is 724 g/mol. The maximum absolute atomic E-state index is 14.8. The van der Waals surface area contributed by atoms with Gasteiger partial charge in [0, 0.05) is 33.3 Å². The molecule has 0 aliphatic carbocycles. The molecule has 0 radical (unpaired) electrons. The van der Waals surface area contributed by atoms with Gasteiger partial charge in [0.2, 0.25) is 0 Å². The molecule has 5 aromatic carbocycles. The van der Waals surface area contributed by atoms with Crippen molar-refractivity contribution in [3.05, 3.63) is 137 Å². The molecule has 0 N–H and O–H groups in total. The van der Waals surface area contributed by atoms with Crippen molar-refractivity contribution in [2.45, 2.75) is 111 Å². The molecule has 58 heavy (non-hydrogen) atoms. The van der Waals surface area contributed by atoms with Gasteiger partial charge in [-0.3, -0.25) is 4.98 Å². The van der Waals surface area contributed by atoms with Crippen molar-refractivity contribution in [3.63, 3.8) is 0 Å². The Morgan fingerprint density at radius 2 is 0.741 bits per heavy atom. The van der Waals surface area contributed by atoms with Gasteiger partial charge in [-0.1, -0.05) is 107 Å². The number of nitrogens with zero attached hydrogens (tertiary/aromatic N) is 3. The summed E-state index contributed by atoms with van der Waals surface area (Å²) in [6, 6.07) is 34.2. The van der Waals surface area contributed by atoms with E-state index in [0.717, 1.165) is 43.6 Å². The van der Waals surface area contributed by atoms with E-state index in [1.807, 2.05) is 12.1 Å². The van der Waals surface area contributed by atoms with Crippen molar-refractivity contribution in [3.8, 4) is 22.6 Å². The Morgan fingerprint density at radius 3 is 1.09 bits per heavy atom. The summed E-state index contributed by atoms with van der Waals surface area (Å²) in [5.41, 5.74) is 9.71. The molecule has 0 saturated heterocycles. The number of halogens is 3. The van der Waals surface area contributed by atoms with Crippen LogP contribution in [0.5, 0.6) is 0 Å². The Bertz CT molecular complexity index is 2770. The summed E-state index contributed by atoms with van der Waals surface area (Å²) >= 11 is 0. The molecule has 6 heteroatoms. The minimum atomic E-state index is -4.56. The SMILES string of the molecule is CC(C)(C)c1ccc2c(c1)c1cc(C(C)(C)C)ccc1n2-c1ccc(C(F)(F)F)cc1-c1ncccc1-n1c2ccc(C(C)(C)C)cc2c2cc(C(C)(C)C)ccc21. The monoisotopic (exact) mass is 777 g/mol. The number of pyridine rings is 1. The maximum Gasteiger partial charge on any atom is 0.416 e. The molecule has 0 aliphatic heterocycles. The van der Waals surface area contributed by atoms with Crippen LogP contribution in [0.1, 0.15) is 111 Å². The molecule has 0 atom stereocenters. The summed E-state index contributed by atoms with van der Waals surface area (Å²) in [5.74, 6) is 0. The molecule has 0 bridgehead atoms. The highest BCUT2D eigenvalue weighted by atomic mass is 19.4. The fourth-order valence-corrected chi connectivity index (χ4v) is 8.31. The normalized spacial score (nSPS) is 13.4. The Hall–Kier alpha value is -5.36. The van der Waals surface area contributed by atoms with Crippen LogP contribution in [-0.2, 0) is 27.8 Å². The molecular formula is C52H54F3N3. The zero-order chi connectivity index (χ0) is 41.9. The molecule has 0 spiro atoms. The number of hydrogen-bond acceptors (Lipinski definition) is 1. The molecule has 0 aliphatic rings. The highest BCUT2D eigenvalue weighted by molar-refractivity contribution is 6.12. The summed E-state index contributed by atoms with van der Waals surface area (Å²) in [5, 5.41) is 4.32. The minimum absolute atomic E-state index is 0.0831. The van der Waals surface area contributed by atoms with Crippen LogP contribution in [0.15, 0.2) is 109 Å². The third-order valence-electron chi connectivity index (χ3n) is 11.8. The van der Waals surface area contributed by atoms with Gasteiger partial charge in [0.15, 0.2) is 0 Å². The summed E-state index contributed by atoms with van der Waals surface area (Å²) in [7, 11) is 0. The molecule has 298 valence electrons. The van der Waals surface area contributed by atoms with Gasteiger partial charge >= 0.3 is 6.18 Å². The third kappa shape index (κ3) is 6.68. The number of rotatable bonds is 3. The Morgan fingerprint density at radius 1 is 0.397 bits per heavy atom. The third-order valence-corrected chi connectivity index (χ3v) is 11.8. The molecule has 8 rings (SSSR count). The molecule has 0 unspecified atom stereocenters. The van der Waals surface area contributed by atoms with Crippen LogP contribution >= 0.6 is 0 Å². The van der Waals surface area contributed by atoms with Gasteiger partial charge in [0.1, 0.15) is 0 Å². The Labute approximate surface area is 340 Å². The second-order valence-electron chi connectivity index (χ2n) is 20.2. The van der Waals surface area contributed by atoms with Crippen LogP contribution in [0.25, 0.3) is 66.2 Å². The van der Waals surface area contributed by atoms with Crippen molar-refractivity contribution < 1.29 is 13.2 Å². The average Bonchev–Trinajstić information content (AvgIpc) is 3.64. The number of aromatic nitrogens is 3. The average molecular weight is 778 g/mol. The van der Waals surface area contributed by atoms with E-state index in [0.29, 0.717) is 22.6 Å². The lowest BCUT2D eigenvalue weighted by Crippen LogP contribution is -2.11. The lowest BCUT2D eigenvalue weighted by atomic mass is 9.85. The quantitative estimate of drug-likeness (QED) is 0.175. The Kier molecular flexibility index (Phi) is 8.90. The van der Waals surface area contributed by atoms with E-state index in [2.05, 4.69) is 165 Å². The summed E-state index contributed by atoms with van der Waals surface area (Å²) in [6.45, 7) is 26.5. The maximum atomic E-state index is 14.8. The minimum Gasteiger partial charge on any atom is -0.309 e. The highest BCUT2D eigenvalue weighted by Gasteiger charge is 2.33. The number of alkyl halides is 3. The zero-order valence-electron chi connectivity index (χ0n) is 35.9. The topological polar surface area (TPSA) is 22.8 Å². The van der Waals surface area contributed by atoms with Crippen LogP contribution in [0.2, 0.25) is 0 Å². The highest BCUT2D eigenvalue weighted by Crippen LogP contribution is 2.44. The van der Waals surface area contributed by atoms with Gasteiger partial charge < -0.3 is 9.13 Å². The Balaban J connectivity index is 1.48. The van der Waals surface area contributed by atoms with Crippen LogP contribution in [-0.4, -0.2) is 14.1 Å². The summed E-state index contributed by atoms with van der Waals surface area (Å²) in [4.78, 5) is 4.98. The van der Waals surface area contributed by atoms with E-state index in [9.17, 15) is 13.2 Å². The molecule has 0 amide bonds. The lowest BCUT2D eigenvalue weighted by Gasteiger charge is -2.21. The number of fused-ring (bicyclic) bond motifs is 6. The molecule has 3 aromatic heterocycles. The standard InChI is InChI=1S/C52H54F3N3/c1-48(2,3)31-15-20-41-36(26-31)37-27-32(49(4,5)6)16-21-42(37)57(41)45-24-19-35(52(53,54)55)30-40(45)47-46(14-13-25-56-47)58-43-22-17-33(50(7,8)9)28-38(43)39-29-34(51(10,11)12)18-23-44(39)58/h13-30H,1-12H3. The smallest absolute Gasteiger partial charge is 0.309 e. The van der Waals surface area contributed by atoms with Crippen LogP contribution < -0.4 is 0 Å². The predicted molar refractivity (Wildman–Crippen MR) is 238 cm³/mol. The van der Waals surface area contributed by atoms with Crippen molar-refractivity contribution >= 4 is 43.6 Å². The van der Waals surface area contributed by atoms with Crippen LogP contribution in [0, 0.1) is 0 Å². The second-order valence-corrected chi connectivity index (χ2v) is 20.2. The van der Waals surface area contributed by atoms with Crippen molar-refractivity contribution in [1.29, 1.82) is 0 Å². The van der Waals surface area contributed by atoms with E-state index in [1.165, 1.54) is 34.4 Å². The number of hydrogen-bond donors (Lipinski definition) is 0. The van der Waals surface area contributed by atoms with E-state index >= 15 is 0 Å². The van der Waals surface area contributed by atoms with Gasteiger partial charge in [0.05, 0.1) is 44.7 Å². The summed E-state index contributed by atoms with van der Waals surface area (Å²) < 4.78 is 48.7. The predicted octanol–water partition coefficient (Wildman–Crippen LogP) is 15.2. The molecule has 3 nitrogen and oxygen atoms in total. The van der Waals surface area contributed by atoms with Gasteiger partial charge in [-0.15, -0.1) is 0 Å². The van der Waals surface area contributed by atoms with Crippen molar-refractivity contribution in [1.82, 2.24) is 14.1 Å². The van der Waals surface area contributed by atoms with E-state index in [4.69, 9.17) is 4.98 Å². The van der Waals surface area contributed by atoms with Gasteiger partial charge in [-0.2, -0.15) is 13.2 Å². The first-order valence-electron chi connectivity index (χ1n) is 20.3. The first-order valence-corrected chi connectivity index (χ1v) is 20.3. The van der Waals surface area contributed by atoms with Crippen molar-refractivity contribution in [2.75, 3.05) is 0 Å². The number of benzene rings is 5. The van der Waals surface area contributed by atoms with Crippen LogP contribution in [0.3, 0.4) is 0 Å². The molecule has 3 heterocycles. The first kappa shape index (κ1) is 39.5. The van der Waals surface area contributed by atoms with Crippen LogP contribution in [0.4, 0.5) is 13.2 Å². The zero-order valence-corrected chi connectivity index (χ0v) is 35.9.